The van der Waals surface area contributed by atoms with Gasteiger partial charge in [0.05, 0.1) is 56.0 Å². The molecule has 1 fully saturated rings. The lowest BCUT2D eigenvalue weighted by Gasteiger charge is -2.44. The van der Waals surface area contributed by atoms with Crippen molar-refractivity contribution in [2.24, 2.45) is 0 Å². The Hall–Kier alpha value is -17.3. The number of cyclic esters (lactones) is 3. The van der Waals surface area contributed by atoms with Crippen LogP contribution >= 0.6 is 0 Å². The van der Waals surface area contributed by atoms with E-state index >= 15 is 19.2 Å². The van der Waals surface area contributed by atoms with E-state index in [2.05, 4.69) is 0 Å². The van der Waals surface area contributed by atoms with Gasteiger partial charge in [-0.05, 0) is 72.8 Å². The van der Waals surface area contributed by atoms with Gasteiger partial charge in [0, 0.05) is 33.4 Å². The highest BCUT2D eigenvalue weighted by molar-refractivity contribution is 6.12. The Morgan fingerprint density at radius 2 is 0.639 bits per heavy atom. The molecule has 0 saturated carbocycles. The van der Waals surface area contributed by atoms with Gasteiger partial charge in [0.25, 0.3) is 0 Å². The molecular weight excluding hydrogens is 1650 g/mol. The number of carbonyl (C=O) groups excluding carboxylic acids is 9. The zero-order chi connectivity index (χ0) is 89.2. The average Bonchev–Trinajstić information content (AvgIpc) is 0.717. The molecule has 0 aliphatic carbocycles. The molecule has 28 N–H and O–H groups in total. The fourth-order valence-corrected chi connectivity index (χ4v) is 13.6. The Balaban J connectivity index is 1.08. The van der Waals surface area contributed by atoms with Gasteiger partial charge in [-0.2, -0.15) is 0 Å². The maximum Gasteiger partial charge on any atom is 0.340 e. The first-order chi connectivity index (χ1) is 57.3. The normalized spacial score (nSPS) is 19.7. The molecule has 9 aromatic carbocycles. The van der Waals surface area contributed by atoms with Crippen molar-refractivity contribution >= 4 is 53.7 Å². The van der Waals surface area contributed by atoms with E-state index in [0.717, 1.165) is 0 Å². The summed E-state index contributed by atoms with van der Waals surface area (Å²) in [6.45, 7) is -3.42. The fraction of sp³-hybridized carbons (Fsp3) is 0.160. The number of fused-ring (bicyclic) bond motifs is 7. The minimum Gasteiger partial charge on any atom is -0.504 e. The first-order valence-corrected chi connectivity index (χ1v) is 33.9. The van der Waals surface area contributed by atoms with Crippen LogP contribution in [0.1, 0.15) is 110 Å². The number of hydrogen-bond acceptors (Lipinski definition) is 47. The molecule has 122 heavy (non-hydrogen) atoms. The number of esters is 9. The molecule has 0 unspecified atom stereocenters. The molecule has 0 radical (unpaired) electrons. The Morgan fingerprint density at radius 3 is 1.08 bits per heavy atom. The average molecular weight is 1710 g/mol. The van der Waals surface area contributed by atoms with Crippen molar-refractivity contribution in [2.75, 3.05) is 13.2 Å². The minimum absolute atomic E-state index is 0.00338. The minimum atomic E-state index is -3.33. The van der Waals surface area contributed by atoms with Gasteiger partial charge in [-0.1, -0.05) is 0 Å². The van der Waals surface area contributed by atoms with Crippen molar-refractivity contribution in [1.29, 1.82) is 0 Å². The van der Waals surface area contributed by atoms with Gasteiger partial charge in [0.1, 0.15) is 25.4 Å². The maximum absolute atomic E-state index is 16.4. The smallest absolute Gasteiger partial charge is 0.340 e. The Labute approximate surface area is 670 Å². The molecule has 0 amide bonds. The summed E-state index contributed by atoms with van der Waals surface area (Å²) in [4.78, 5) is 135. The lowest BCUT2D eigenvalue weighted by molar-refractivity contribution is -0.282. The number of aromatic hydroxyl groups is 27. The Morgan fingerprint density at radius 1 is 0.303 bits per heavy atom. The molecule has 0 spiro atoms. The van der Waals surface area contributed by atoms with Crippen molar-refractivity contribution in [3.8, 4) is 177 Å². The Kier molecular flexibility index (Phi) is 20.6. The highest BCUT2D eigenvalue weighted by Gasteiger charge is 2.59. The second kappa shape index (κ2) is 30.4. The number of hydrogen-bond donors (Lipinski definition) is 28. The summed E-state index contributed by atoms with van der Waals surface area (Å²) >= 11 is 0. The number of rotatable bonds is 13. The SMILES string of the molecule is O=C(OC[C@H]1O[C@@H](OC(=O)c2cc(O)c(O)c(O)c2)[C@H](OC(=O)c2cc(O)c(O)c(O)c2)[C@@H](OC(=O)c2cc(O)c(O)c(O)c2[C@H]2c3c(O)c(O)c(O)c4c3C(=O)O[C@@H]2[C@H]([C@@H]2OC(=O)c3cc(O)c(O)c(O)c3-c3c(cc(O)c(O)c3O)C(=O)OC[C@H]2O)OC(=O)c2cc(O)c(O)c(O)c2-4)[C@@H]1OC(=O)c1cc(O)c(O)c(O)c1)c1cc(O)c(O)c(O)c1. The standard InChI is InChI=1S/C75H54O47/c76-23-1-15(2-24(77)45(23)89)66(104)114-14-36-61(117-67(105)16-3-25(78)46(90)26(79)4-16)64(65(121-68(106)17-5-27(80)47(91)28(81)6-17)75(115-36)122-69(107)18-7-29(82)48(92)30(83)8-18)120-73(111)22-12-34(87)52(96)56(100)40(22)43-42-44-41(57(101)59(103)58(42)102)39-21(11-33(86)51(95)55(39)99)72(110)119-63(62(43)118-74(44)112)60-35(88)13-113-70(108)19-9-31(84)49(93)53(97)37(19)38-20(71(109)116-60)10-32(85)50(94)54(38)98/h1-12,35-36,43,60-65,75-103H,13-14H2/t35-,36-,43+,60-,61-,62+,63+,64+,65-,75+/m1/s1. The quantitative estimate of drug-likeness (QED) is 0.0448. The molecule has 4 heterocycles. The monoisotopic (exact) mass is 1710 g/mol. The largest absolute Gasteiger partial charge is 0.504 e. The summed E-state index contributed by atoms with van der Waals surface area (Å²) < 4.78 is 57.3. The van der Waals surface area contributed by atoms with Crippen LogP contribution in [0.25, 0.3) is 22.3 Å². The van der Waals surface area contributed by atoms with Crippen LogP contribution in [0.2, 0.25) is 0 Å². The third-order valence-electron chi connectivity index (χ3n) is 19.3. The van der Waals surface area contributed by atoms with E-state index < -0.39 is 367 Å². The number of ether oxygens (including phenoxy) is 10. The van der Waals surface area contributed by atoms with Gasteiger partial charge in [0.2, 0.25) is 41.1 Å². The third kappa shape index (κ3) is 13.9. The van der Waals surface area contributed by atoms with E-state index in [0.29, 0.717) is 54.6 Å². The van der Waals surface area contributed by atoms with Crippen molar-refractivity contribution in [3.63, 3.8) is 0 Å². The Bertz CT molecular complexity index is 5990. The summed E-state index contributed by atoms with van der Waals surface area (Å²) in [7, 11) is 0. The summed E-state index contributed by atoms with van der Waals surface area (Å²) in [6, 6.07) is 3.68. The van der Waals surface area contributed by atoms with Gasteiger partial charge in [-0.3, -0.25) is 0 Å². The summed E-state index contributed by atoms with van der Waals surface area (Å²) in [5.41, 5.74) is -20.7. The van der Waals surface area contributed by atoms with Crippen LogP contribution < -0.4 is 0 Å². The number of benzene rings is 9. The molecule has 47 nitrogen and oxygen atoms in total. The van der Waals surface area contributed by atoms with Crippen LogP contribution in [0.3, 0.4) is 0 Å². The van der Waals surface area contributed by atoms with Gasteiger partial charge >= 0.3 is 53.7 Å². The number of aliphatic hydroxyl groups is 1. The molecule has 9 aromatic rings. The predicted molar refractivity (Wildman–Crippen MR) is 379 cm³/mol. The first-order valence-electron chi connectivity index (χ1n) is 33.9. The lowest BCUT2D eigenvalue weighted by Crippen LogP contribution is -2.63. The van der Waals surface area contributed by atoms with Crippen LogP contribution in [0.15, 0.2) is 72.8 Å². The molecule has 47 heteroatoms. The maximum atomic E-state index is 16.4. The van der Waals surface area contributed by atoms with E-state index in [4.69, 9.17) is 47.4 Å². The second-order valence-corrected chi connectivity index (χ2v) is 26.7. The highest BCUT2D eigenvalue weighted by atomic mass is 16.8. The van der Waals surface area contributed by atoms with E-state index in [1.807, 2.05) is 0 Å². The van der Waals surface area contributed by atoms with Crippen molar-refractivity contribution in [2.45, 2.75) is 61.0 Å². The number of phenolic OH excluding ortho intramolecular Hbond substituents is 27. The second-order valence-electron chi connectivity index (χ2n) is 26.7. The van der Waals surface area contributed by atoms with Gasteiger partial charge in [-0.25, -0.2) is 43.2 Å². The van der Waals surface area contributed by atoms with Crippen molar-refractivity contribution in [3.05, 3.63) is 134 Å². The molecular formula is C75H54O47. The summed E-state index contributed by atoms with van der Waals surface area (Å²) in [5.74, 6) is -63.6. The zero-order valence-electron chi connectivity index (χ0n) is 59.9. The molecule has 2 bridgehead atoms. The lowest BCUT2D eigenvalue weighted by atomic mass is 9.73. The predicted octanol–water partition coefficient (Wildman–Crippen LogP) is 2.45. The zero-order valence-corrected chi connectivity index (χ0v) is 59.9. The first kappa shape index (κ1) is 82.7. The number of phenols is 27. The van der Waals surface area contributed by atoms with Crippen LogP contribution in [0.5, 0.6) is 155 Å². The number of aliphatic hydroxyl groups excluding tert-OH is 1. The van der Waals surface area contributed by atoms with Gasteiger partial charge < -0.3 is 190 Å². The van der Waals surface area contributed by atoms with Gasteiger partial charge in [-0.15, -0.1) is 0 Å². The van der Waals surface area contributed by atoms with Crippen LogP contribution in [-0.4, -0.2) is 265 Å². The van der Waals surface area contributed by atoms with Crippen LogP contribution in [-0.2, 0) is 47.4 Å². The molecule has 0 aromatic heterocycles. The number of carbonyl (C=O) groups is 9. The van der Waals surface area contributed by atoms with E-state index in [1.54, 1.807) is 0 Å². The van der Waals surface area contributed by atoms with Crippen LogP contribution in [0.4, 0.5) is 0 Å². The van der Waals surface area contributed by atoms with Crippen molar-refractivity contribution in [1.82, 2.24) is 0 Å². The topological polar surface area (TPSA) is 812 Å². The summed E-state index contributed by atoms with van der Waals surface area (Å²) in [5, 5.41) is 311. The van der Waals surface area contributed by atoms with Crippen molar-refractivity contribution < 1.29 is 234 Å². The molecule has 13 rings (SSSR count). The summed E-state index contributed by atoms with van der Waals surface area (Å²) in [6.07, 6.45) is -28.1. The van der Waals surface area contributed by atoms with Crippen LogP contribution in [0, 0.1) is 0 Å². The molecule has 4 aliphatic rings. The van der Waals surface area contributed by atoms with E-state index in [9.17, 15) is 167 Å². The molecule has 10 atom stereocenters. The molecule has 4 aliphatic heterocycles. The fourth-order valence-electron chi connectivity index (χ4n) is 13.6. The van der Waals surface area contributed by atoms with Gasteiger partial charge in [0.15, 0.2) is 157 Å². The third-order valence-corrected chi connectivity index (χ3v) is 19.3. The molecule has 636 valence electrons. The van der Waals surface area contributed by atoms with E-state index in [-0.39, 0.29) is 18.2 Å². The molecule has 1 saturated heterocycles. The van der Waals surface area contributed by atoms with E-state index in [1.165, 1.54) is 0 Å². The highest BCUT2D eigenvalue weighted by Crippen LogP contribution is 2.62.